The Bertz CT molecular complexity index is 1290. The topological polar surface area (TPSA) is 167 Å². The second-order valence-corrected chi connectivity index (χ2v) is 9.81. The zero-order chi connectivity index (χ0) is 25.9. The van der Waals surface area contributed by atoms with E-state index >= 15 is 0 Å². The van der Waals surface area contributed by atoms with Crippen molar-refractivity contribution in [3.8, 4) is 17.7 Å². The predicted molar refractivity (Wildman–Crippen MR) is 130 cm³/mol. The van der Waals surface area contributed by atoms with Crippen LogP contribution in [0.4, 0.5) is 11.5 Å². The molecule has 0 aliphatic rings. The van der Waals surface area contributed by atoms with E-state index in [1.807, 2.05) is 74.5 Å². The second kappa shape index (κ2) is 12.7. The summed E-state index contributed by atoms with van der Waals surface area (Å²) < 4.78 is 57.6. The highest BCUT2D eigenvalue weighted by Crippen LogP contribution is 2.31. The molecule has 0 aliphatic heterocycles. The Balaban J connectivity index is 0.000000489. The van der Waals surface area contributed by atoms with Crippen LogP contribution in [-0.2, 0) is 20.2 Å². The van der Waals surface area contributed by atoms with Crippen molar-refractivity contribution in [2.45, 2.75) is 13.8 Å². The number of nitriles is 1. The first kappa shape index (κ1) is 28.5. The van der Waals surface area contributed by atoms with Gasteiger partial charge in [-0.2, -0.15) is 27.1 Å². The molecule has 0 unspecified atom stereocenters. The monoisotopic (exact) mass is 507 g/mol. The molecule has 1 heterocycles. The van der Waals surface area contributed by atoms with E-state index in [0.29, 0.717) is 35.5 Å². The Morgan fingerprint density at radius 3 is 1.74 bits per heavy atom. The number of para-hydroxylation sites is 2. The summed E-state index contributed by atoms with van der Waals surface area (Å²) in [6.07, 6.45) is 1.43. The molecule has 0 amide bonds. The van der Waals surface area contributed by atoms with Gasteiger partial charge in [-0.1, -0.05) is 36.4 Å². The minimum absolute atomic E-state index is 0.496. The maximum atomic E-state index is 9.51. The quantitative estimate of drug-likeness (QED) is 0.437. The molecule has 0 bridgehead atoms. The Morgan fingerprint density at radius 2 is 1.29 bits per heavy atom. The zero-order valence-corrected chi connectivity index (χ0v) is 20.6. The molecule has 0 radical (unpaired) electrons. The third-order valence-corrected chi connectivity index (χ3v) is 3.81. The van der Waals surface area contributed by atoms with Gasteiger partial charge in [0.05, 0.1) is 18.1 Å². The van der Waals surface area contributed by atoms with Crippen LogP contribution >= 0.6 is 0 Å². The number of aromatic nitrogens is 1. The van der Waals surface area contributed by atoms with Gasteiger partial charge in [0.1, 0.15) is 11.8 Å². The van der Waals surface area contributed by atoms with E-state index in [1.165, 1.54) is 0 Å². The van der Waals surface area contributed by atoms with Crippen LogP contribution in [0.25, 0.3) is 0 Å². The van der Waals surface area contributed by atoms with E-state index in [-0.39, 0.29) is 0 Å². The zero-order valence-electron chi connectivity index (χ0n) is 18.9. The summed E-state index contributed by atoms with van der Waals surface area (Å²) in [7, 11) is -7.33. The van der Waals surface area contributed by atoms with Gasteiger partial charge in [0.25, 0.3) is 20.2 Å². The third-order valence-electron chi connectivity index (χ3n) is 3.81. The van der Waals surface area contributed by atoms with Crippen LogP contribution in [0.1, 0.15) is 16.7 Å². The standard InChI is InChI=1S/C20H17N3O.2CH4O3S/c1-14-15(2)20(24-17-11-7-4-8-12-17)23-19(18(14)13-21)22-16-9-5-3-6-10-16;2*1-5(2,3)4/h3-12H,1-2H3,(H,22,23);2*1H3,(H,2,3,4). The fraction of sp³-hybridized carbons (Fsp3) is 0.182. The van der Waals surface area contributed by atoms with E-state index in [1.54, 1.807) is 0 Å². The van der Waals surface area contributed by atoms with Crippen LogP contribution in [0.5, 0.6) is 11.6 Å². The van der Waals surface area contributed by atoms with Gasteiger partial charge in [0.2, 0.25) is 5.88 Å². The predicted octanol–water partition coefficient (Wildman–Crippen LogP) is 4.11. The van der Waals surface area contributed by atoms with Gasteiger partial charge >= 0.3 is 0 Å². The van der Waals surface area contributed by atoms with Gasteiger partial charge in [-0.05, 0) is 43.7 Å². The highest BCUT2D eigenvalue weighted by Gasteiger charge is 2.16. The lowest BCUT2D eigenvalue weighted by atomic mass is 10.1. The molecule has 3 aromatic rings. The summed E-state index contributed by atoms with van der Waals surface area (Å²) in [4.78, 5) is 4.54. The van der Waals surface area contributed by atoms with E-state index in [9.17, 15) is 22.1 Å². The van der Waals surface area contributed by atoms with E-state index in [4.69, 9.17) is 13.8 Å². The molecule has 0 spiro atoms. The van der Waals surface area contributed by atoms with Crippen LogP contribution in [0.3, 0.4) is 0 Å². The van der Waals surface area contributed by atoms with Crippen molar-refractivity contribution < 1.29 is 30.7 Å². The molecular weight excluding hydrogens is 482 g/mol. The number of nitrogens with one attached hydrogen (secondary N) is 1. The van der Waals surface area contributed by atoms with Crippen molar-refractivity contribution in [3.05, 3.63) is 77.4 Å². The van der Waals surface area contributed by atoms with Gasteiger partial charge in [-0.25, -0.2) is 0 Å². The minimum Gasteiger partial charge on any atom is -0.439 e. The smallest absolute Gasteiger partial charge is 0.261 e. The van der Waals surface area contributed by atoms with Crippen LogP contribution in [-0.4, -0.2) is 43.4 Å². The number of hydrogen-bond acceptors (Lipinski definition) is 8. The molecule has 12 heteroatoms. The van der Waals surface area contributed by atoms with Crippen molar-refractivity contribution in [1.29, 1.82) is 5.26 Å². The Labute approximate surface area is 199 Å². The van der Waals surface area contributed by atoms with E-state index in [2.05, 4.69) is 16.4 Å². The molecule has 34 heavy (non-hydrogen) atoms. The number of rotatable bonds is 4. The molecule has 0 saturated heterocycles. The summed E-state index contributed by atoms with van der Waals surface area (Å²) in [6, 6.07) is 21.4. The van der Waals surface area contributed by atoms with Gasteiger partial charge in [0.15, 0.2) is 5.82 Å². The van der Waals surface area contributed by atoms with E-state index < -0.39 is 20.2 Å². The average Bonchev–Trinajstić information content (AvgIpc) is 2.71. The second-order valence-electron chi connectivity index (χ2n) is 6.87. The largest absolute Gasteiger partial charge is 0.439 e. The Kier molecular flexibility index (Phi) is 10.6. The molecular formula is C22H25N3O7S2. The average molecular weight is 508 g/mol. The van der Waals surface area contributed by atoms with Crippen molar-refractivity contribution in [2.24, 2.45) is 0 Å². The van der Waals surface area contributed by atoms with Crippen molar-refractivity contribution in [1.82, 2.24) is 4.98 Å². The van der Waals surface area contributed by atoms with Crippen molar-refractivity contribution in [3.63, 3.8) is 0 Å². The van der Waals surface area contributed by atoms with Crippen molar-refractivity contribution >= 4 is 31.7 Å². The van der Waals surface area contributed by atoms with Crippen LogP contribution in [0.2, 0.25) is 0 Å². The fourth-order valence-electron chi connectivity index (χ4n) is 2.35. The molecule has 3 N–H and O–H groups in total. The highest BCUT2D eigenvalue weighted by molar-refractivity contribution is 7.85. The number of nitrogens with zero attached hydrogens (tertiary/aromatic N) is 2. The molecule has 0 saturated carbocycles. The van der Waals surface area contributed by atoms with Crippen LogP contribution < -0.4 is 10.1 Å². The first-order valence-corrected chi connectivity index (χ1v) is 13.2. The summed E-state index contributed by atoms with van der Waals surface area (Å²) >= 11 is 0. The van der Waals surface area contributed by atoms with Crippen molar-refractivity contribution in [2.75, 3.05) is 17.8 Å². The number of ether oxygens (including phenoxy) is 1. The first-order chi connectivity index (χ1) is 15.7. The number of hydrogen-bond donors (Lipinski definition) is 3. The van der Waals surface area contributed by atoms with Gasteiger partial charge in [-0.3, -0.25) is 9.11 Å². The maximum Gasteiger partial charge on any atom is 0.261 e. The van der Waals surface area contributed by atoms with Gasteiger partial charge < -0.3 is 10.1 Å². The van der Waals surface area contributed by atoms with Gasteiger partial charge in [-0.15, -0.1) is 0 Å². The molecule has 10 nitrogen and oxygen atoms in total. The third kappa shape index (κ3) is 11.9. The number of anilines is 2. The fourth-order valence-corrected chi connectivity index (χ4v) is 2.35. The van der Waals surface area contributed by atoms with E-state index in [0.717, 1.165) is 16.8 Å². The molecule has 182 valence electrons. The molecule has 0 fully saturated rings. The first-order valence-electron chi connectivity index (χ1n) is 9.50. The Hall–Kier alpha value is -3.50. The molecule has 3 rings (SSSR count). The molecule has 0 atom stereocenters. The summed E-state index contributed by atoms with van der Waals surface area (Å²) in [6.45, 7) is 3.82. The number of benzene rings is 2. The summed E-state index contributed by atoms with van der Waals surface area (Å²) in [5.41, 5.74) is 3.11. The minimum atomic E-state index is -3.67. The van der Waals surface area contributed by atoms with Crippen LogP contribution in [0, 0.1) is 25.2 Å². The Morgan fingerprint density at radius 1 is 0.853 bits per heavy atom. The van der Waals surface area contributed by atoms with Gasteiger partial charge in [0, 0.05) is 11.3 Å². The number of pyridine rings is 1. The summed E-state index contributed by atoms with van der Waals surface area (Å²) in [5.74, 6) is 1.71. The SMILES string of the molecule is CS(=O)(=O)O.CS(=O)(=O)O.Cc1c(Oc2ccccc2)nc(Nc2ccccc2)c(C#N)c1C. The molecule has 0 aliphatic carbocycles. The normalized spacial score (nSPS) is 10.5. The highest BCUT2D eigenvalue weighted by atomic mass is 32.2. The lowest BCUT2D eigenvalue weighted by Gasteiger charge is -2.15. The lowest BCUT2D eigenvalue weighted by molar-refractivity contribution is 0.459. The molecule has 2 aromatic carbocycles. The van der Waals surface area contributed by atoms with Crippen LogP contribution in [0.15, 0.2) is 60.7 Å². The molecule has 1 aromatic heterocycles. The lowest BCUT2D eigenvalue weighted by Crippen LogP contribution is -2.03. The summed E-state index contributed by atoms with van der Waals surface area (Å²) in [5, 5.41) is 12.7. The maximum absolute atomic E-state index is 9.51.